The number of anilines is 4. The first-order valence-electron chi connectivity index (χ1n) is 10.2. The van der Waals surface area contributed by atoms with Crippen LogP contribution in [0, 0.1) is 10.8 Å². The van der Waals surface area contributed by atoms with Crippen LogP contribution in [0.25, 0.3) is 0 Å². The van der Waals surface area contributed by atoms with Gasteiger partial charge in [0.15, 0.2) is 5.82 Å². The molecule has 1 aliphatic heterocycles. The zero-order valence-electron chi connectivity index (χ0n) is 16.9. The van der Waals surface area contributed by atoms with Crippen molar-refractivity contribution in [1.29, 1.82) is 10.8 Å². The molecule has 1 atom stereocenters. The van der Waals surface area contributed by atoms with Gasteiger partial charge in [0.25, 0.3) is 0 Å². The van der Waals surface area contributed by atoms with Crippen molar-refractivity contribution >= 4 is 35.3 Å². The van der Waals surface area contributed by atoms with E-state index in [1.807, 2.05) is 6.92 Å². The van der Waals surface area contributed by atoms with E-state index < -0.39 is 11.9 Å². The minimum atomic E-state index is -4.50. The topological polar surface area (TPSA) is 105 Å². The number of nitrogens with one attached hydrogen (secondary N) is 3. The van der Waals surface area contributed by atoms with Gasteiger partial charge in [-0.05, 0) is 31.4 Å². The smallest absolute Gasteiger partial charge is 0.342 e. The maximum Gasteiger partial charge on any atom is 0.433 e. The Morgan fingerprint density at radius 1 is 1.19 bits per heavy atom. The molecule has 0 radical (unpaired) electrons. The molecule has 1 aliphatic carbocycles. The number of hydrogen-bond acceptors (Lipinski definition) is 7. The highest BCUT2D eigenvalue weighted by atomic mass is 19.4. The lowest BCUT2D eigenvalue weighted by Crippen LogP contribution is -2.56. The van der Waals surface area contributed by atoms with Crippen molar-refractivity contribution in [1.82, 2.24) is 15.0 Å². The van der Waals surface area contributed by atoms with Crippen LogP contribution >= 0.6 is 0 Å². The van der Waals surface area contributed by atoms with Crippen LogP contribution < -0.4 is 15.1 Å². The number of pyridine rings is 1. The fourth-order valence-corrected chi connectivity index (χ4v) is 4.26. The quantitative estimate of drug-likeness (QED) is 0.472. The standard InChI is InChI=1S/C20H23F3N8/c1-2-14-17(25)30(11-24)15-10-27-19(29-18(15)31(14)13-5-3-4-6-13)28-12-7-8-16(26-9-12)20(21,22)23/h7-11,13-14,24-25H,2-6H2,1H3,(H,27,28,29). The Labute approximate surface area is 177 Å². The first-order chi connectivity index (χ1) is 14.8. The molecule has 1 saturated carbocycles. The molecule has 1 unspecified atom stereocenters. The summed E-state index contributed by atoms with van der Waals surface area (Å²) < 4.78 is 38.2. The normalized spacial score (nSPS) is 19.5. The van der Waals surface area contributed by atoms with Crippen molar-refractivity contribution in [3.63, 3.8) is 0 Å². The Bertz CT molecular complexity index is 969. The van der Waals surface area contributed by atoms with E-state index in [2.05, 4.69) is 25.2 Å². The molecule has 8 nitrogen and oxygen atoms in total. The van der Waals surface area contributed by atoms with Gasteiger partial charge < -0.3 is 10.2 Å². The van der Waals surface area contributed by atoms with Gasteiger partial charge in [-0.15, -0.1) is 0 Å². The van der Waals surface area contributed by atoms with E-state index in [0.717, 1.165) is 44.3 Å². The highest BCUT2D eigenvalue weighted by molar-refractivity contribution is 6.16. The third-order valence-corrected chi connectivity index (χ3v) is 5.71. The highest BCUT2D eigenvalue weighted by Gasteiger charge is 2.40. The minimum absolute atomic E-state index is 0.215. The molecule has 2 aromatic heterocycles. The number of nitrogens with zero attached hydrogens (tertiary/aromatic N) is 5. The molecule has 2 aromatic rings. The molecule has 0 amide bonds. The van der Waals surface area contributed by atoms with Crippen molar-refractivity contribution < 1.29 is 13.2 Å². The van der Waals surface area contributed by atoms with Crippen LogP contribution in [0.15, 0.2) is 24.5 Å². The van der Waals surface area contributed by atoms with Crippen LogP contribution in [0.1, 0.15) is 44.7 Å². The molecule has 0 bridgehead atoms. The summed E-state index contributed by atoms with van der Waals surface area (Å²) in [5, 5.41) is 19.3. The van der Waals surface area contributed by atoms with Crippen LogP contribution in [-0.4, -0.2) is 39.2 Å². The van der Waals surface area contributed by atoms with Gasteiger partial charge in [0.2, 0.25) is 5.95 Å². The summed E-state index contributed by atoms with van der Waals surface area (Å²) in [6.45, 7) is 2.00. The largest absolute Gasteiger partial charge is 0.433 e. The second kappa shape index (κ2) is 8.12. The van der Waals surface area contributed by atoms with Crippen molar-refractivity contribution in [2.45, 2.75) is 57.3 Å². The molecule has 2 aliphatic rings. The number of alkyl halides is 3. The highest BCUT2D eigenvalue weighted by Crippen LogP contribution is 2.40. The zero-order valence-corrected chi connectivity index (χ0v) is 16.9. The summed E-state index contributed by atoms with van der Waals surface area (Å²) >= 11 is 0. The van der Waals surface area contributed by atoms with Crippen molar-refractivity contribution in [2.24, 2.45) is 0 Å². The monoisotopic (exact) mass is 432 g/mol. The van der Waals surface area contributed by atoms with E-state index in [-0.39, 0.29) is 18.0 Å². The summed E-state index contributed by atoms with van der Waals surface area (Å²) in [4.78, 5) is 16.0. The number of fused-ring (bicyclic) bond motifs is 1. The first-order valence-corrected chi connectivity index (χ1v) is 10.2. The average molecular weight is 432 g/mol. The van der Waals surface area contributed by atoms with Gasteiger partial charge in [-0.25, -0.2) is 9.97 Å². The van der Waals surface area contributed by atoms with E-state index >= 15 is 0 Å². The Hall–Kier alpha value is -3.24. The van der Waals surface area contributed by atoms with Gasteiger partial charge in [0.1, 0.15) is 17.2 Å². The van der Waals surface area contributed by atoms with Crippen LogP contribution in [-0.2, 0) is 6.18 Å². The van der Waals surface area contributed by atoms with Crippen LogP contribution in [0.4, 0.5) is 36.3 Å². The first kappa shape index (κ1) is 21.0. The molecule has 0 aromatic carbocycles. The third-order valence-electron chi connectivity index (χ3n) is 5.71. The minimum Gasteiger partial charge on any atom is -0.342 e. The van der Waals surface area contributed by atoms with Crippen molar-refractivity contribution in [3.05, 3.63) is 30.2 Å². The molecular weight excluding hydrogens is 409 g/mol. The van der Waals surface area contributed by atoms with Gasteiger partial charge in [0.05, 0.1) is 30.5 Å². The summed E-state index contributed by atoms with van der Waals surface area (Å²) in [5.74, 6) is 1.15. The Morgan fingerprint density at radius 2 is 1.94 bits per heavy atom. The second-order valence-corrected chi connectivity index (χ2v) is 7.61. The van der Waals surface area contributed by atoms with Gasteiger partial charge in [0, 0.05) is 6.04 Å². The molecule has 164 valence electrons. The Balaban J connectivity index is 1.69. The summed E-state index contributed by atoms with van der Waals surface area (Å²) in [6.07, 6.45) is 4.14. The van der Waals surface area contributed by atoms with E-state index in [1.165, 1.54) is 17.2 Å². The van der Waals surface area contributed by atoms with Crippen LogP contribution in [0.3, 0.4) is 0 Å². The molecule has 3 N–H and O–H groups in total. The molecule has 1 fully saturated rings. The van der Waals surface area contributed by atoms with Gasteiger partial charge >= 0.3 is 6.18 Å². The van der Waals surface area contributed by atoms with Crippen LogP contribution in [0.2, 0.25) is 0 Å². The predicted octanol–water partition coefficient (Wildman–Crippen LogP) is 4.57. The molecular formula is C20H23F3N8. The molecule has 4 rings (SSSR count). The van der Waals surface area contributed by atoms with Crippen molar-refractivity contribution in [2.75, 3.05) is 15.1 Å². The van der Waals surface area contributed by atoms with E-state index in [0.29, 0.717) is 29.4 Å². The summed E-state index contributed by atoms with van der Waals surface area (Å²) in [5.41, 5.74) is -0.0877. The third kappa shape index (κ3) is 3.91. The SMILES string of the molecule is CCC1C(=N)N(C=N)c2cnc(Nc3ccc(C(F)(F)F)nc3)nc2N1C1CCCC1. The van der Waals surface area contributed by atoms with E-state index in [4.69, 9.17) is 10.8 Å². The lowest BCUT2D eigenvalue weighted by molar-refractivity contribution is -0.141. The molecule has 3 heterocycles. The number of halogens is 3. The second-order valence-electron chi connectivity index (χ2n) is 7.61. The Morgan fingerprint density at radius 3 is 2.52 bits per heavy atom. The fraction of sp³-hybridized carbons (Fsp3) is 0.450. The predicted molar refractivity (Wildman–Crippen MR) is 112 cm³/mol. The summed E-state index contributed by atoms with van der Waals surface area (Å²) in [7, 11) is 0. The number of aromatic nitrogens is 3. The van der Waals surface area contributed by atoms with Gasteiger partial charge in [-0.3, -0.25) is 15.7 Å². The maximum absolute atomic E-state index is 12.7. The van der Waals surface area contributed by atoms with Gasteiger partial charge in [-0.1, -0.05) is 19.8 Å². The van der Waals surface area contributed by atoms with Crippen molar-refractivity contribution in [3.8, 4) is 0 Å². The summed E-state index contributed by atoms with van der Waals surface area (Å²) in [6, 6.07) is 2.21. The lowest BCUT2D eigenvalue weighted by atomic mass is 10.0. The Kier molecular flexibility index (Phi) is 5.50. The fourth-order valence-electron chi connectivity index (χ4n) is 4.26. The number of rotatable bonds is 5. The van der Waals surface area contributed by atoms with Gasteiger partial charge in [-0.2, -0.15) is 18.2 Å². The van der Waals surface area contributed by atoms with Crippen LogP contribution in [0.5, 0.6) is 0 Å². The molecule has 11 heteroatoms. The lowest BCUT2D eigenvalue weighted by Gasteiger charge is -2.44. The number of amidine groups is 1. The number of hydrogen-bond donors (Lipinski definition) is 3. The molecule has 31 heavy (non-hydrogen) atoms. The molecule has 0 spiro atoms. The maximum atomic E-state index is 12.7. The van der Waals surface area contributed by atoms with E-state index in [1.54, 1.807) is 0 Å². The molecule has 0 saturated heterocycles. The average Bonchev–Trinajstić information content (AvgIpc) is 3.27. The van der Waals surface area contributed by atoms with E-state index in [9.17, 15) is 13.2 Å². The zero-order chi connectivity index (χ0) is 22.2.